The fourth-order valence-corrected chi connectivity index (χ4v) is 1.32. The quantitative estimate of drug-likeness (QED) is 0.535. The minimum Gasteiger partial charge on any atom is -0.0857 e. The van der Waals surface area contributed by atoms with Gasteiger partial charge in [0.25, 0.3) is 0 Å². The topological polar surface area (TPSA) is 0 Å². The second-order valence-corrected chi connectivity index (χ2v) is 5.21. The Morgan fingerprint density at radius 3 is 2.08 bits per heavy atom. The number of hydrogen-bond donors (Lipinski definition) is 0. The second-order valence-electron chi connectivity index (χ2n) is 5.21. The van der Waals surface area contributed by atoms with E-state index in [1.165, 1.54) is 19.2 Å². The Hall–Kier alpha value is 0.0649. The maximum absolute atomic E-state index is 2.39. The molecule has 0 saturated heterocycles. The van der Waals surface area contributed by atoms with Gasteiger partial charge in [-0.2, -0.15) is 0 Å². The lowest BCUT2D eigenvalue weighted by Crippen LogP contribution is -2.24. The van der Waals surface area contributed by atoms with Crippen LogP contribution in [0.5, 0.6) is 0 Å². The molecule has 0 aliphatic heterocycles. The molecule has 0 N–H and O–H groups in total. The summed E-state index contributed by atoms with van der Waals surface area (Å²) >= 11 is 0. The van der Waals surface area contributed by atoms with E-state index in [-0.39, 0.29) is 0 Å². The monoisotopic (exact) mass is 168 g/mol. The first-order chi connectivity index (χ1) is 5.40. The normalized spacial score (nSPS) is 12.2. The molecule has 0 rings (SSSR count). The minimum atomic E-state index is 0.537. The van der Waals surface area contributed by atoms with E-state index in [2.05, 4.69) is 41.4 Å². The van der Waals surface area contributed by atoms with Crippen LogP contribution in [0.1, 0.15) is 47.5 Å². The smallest absolute Gasteiger partial charge is 0.0857 e. The van der Waals surface area contributed by atoms with Crippen LogP contribution in [0.2, 0.25) is 18.5 Å². The molecule has 0 heterocycles. The highest BCUT2D eigenvalue weighted by molar-refractivity contribution is 6.60. The van der Waals surface area contributed by atoms with E-state index in [9.17, 15) is 0 Å². The minimum absolute atomic E-state index is 0.537. The third-order valence-corrected chi connectivity index (χ3v) is 3.42. The first kappa shape index (κ1) is 12.1. The van der Waals surface area contributed by atoms with Gasteiger partial charge in [-0.05, 0) is 5.92 Å². The summed E-state index contributed by atoms with van der Waals surface area (Å²) in [7, 11) is 0. The van der Waals surface area contributed by atoms with Gasteiger partial charge >= 0.3 is 0 Å². The van der Waals surface area contributed by atoms with Crippen LogP contribution in [-0.4, -0.2) is 6.71 Å². The molecule has 0 aromatic heterocycles. The average molecular weight is 168 g/mol. The molecule has 0 saturated carbocycles. The maximum atomic E-state index is 2.39. The Morgan fingerprint density at radius 2 is 1.75 bits per heavy atom. The van der Waals surface area contributed by atoms with Crippen LogP contribution in [0.25, 0.3) is 0 Å². The lowest BCUT2D eigenvalue weighted by molar-refractivity contribution is 0.592. The molecule has 0 nitrogen and oxygen atoms in total. The van der Waals surface area contributed by atoms with Crippen molar-refractivity contribution in [1.29, 1.82) is 0 Å². The van der Waals surface area contributed by atoms with Crippen LogP contribution in [-0.2, 0) is 0 Å². The van der Waals surface area contributed by atoms with Gasteiger partial charge in [0.05, 0.1) is 0 Å². The SMILES string of the molecule is CCC(C)(C)B(C)CCC(C)C. The van der Waals surface area contributed by atoms with Gasteiger partial charge in [-0.1, -0.05) is 65.9 Å². The zero-order valence-electron chi connectivity index (χ0n) is 9.78. The van der Waals surface area contributed by atoms with E-state index >= 15 is 0 Å². The van der Waals surface area contributed by atoms with Crippen LogP contribution in [0.15, 0.2) is 0 Å². The van der Waals surface area contributed by atoms with Crippen LogP contribution < -0.4 is 0 Å². The van der Waals surface area contributed by atoms with Gasteiger partial charge in [0.2, 0.25) is 0 Å². The Bertz CT molecular complexity index is 116. The second kappa shape index (κ2) is 4.94. The fraction of sp³-hybridized carbons (Fsp3) is 1.00. The lowest BCUT2D eigenvalue weighted by atomic mass is 9.33. The molecule has 72 valence electrons. The molecule has 0 aromatic rings. The van der Waals surface area contributed by atoms with Gasteiger partial charge < -0.3 is 0 Å². The molecule has 0 amide bonds. The van der Waals surface area contributed by atoms with Crippen molar-refractivity contribution < 1.29 is 0 Å². The molecule has 12 heavy (non-hydrogen) atoms. The molecule has 0 atom stereocenters. The van der Waals surface area contributed by atoms with Gasteiger partial charge in [-0.3, -0.25) is 0 Å². The molecule has 0 aliphatic rings. The van der Waals surface area contributed by atoms with Gasteiger partial charge in [0.1, 0.15) is 6.71 Å². The highest BCUT2D eigenvalue weighted by Gasteiger charge is 2.26. The molecule has 0 spiro atoms. The Morgan fingerprint density at radius 1 is 1.25 bits per heavy atom. The molecule has 0 aliphatic carbocycles. The molecule has 0 radical (unpaired) electrons. The van der Waals surface area contributed by atoms with E-state index in [1.54, 1.807) is 0 Å². The summed E-state index contributed by atoms with van der Waals surface area (Å²) in [5.74, 6) is 0.861. The van der Waals surface area contributed by atoms with Gasteiger partial charge in [0, 0.05) is 0 Å². The van der Waals surface area contributed by atoms with Crippen molar-refractivity contribution in [2.75, 3.05) is 0 Å². The van der Waals surface area contributed by atoms with E-state index in [0.29, 0.717) is 5.31 Å². The van der Waals surface area contributed by atoms with Crippen LogP contribution in [0.4, 0.5) is 0 Å². The van der Waals surface area contributed by atoms with Crippen molar-refractivity contribution in [3.63, 3.8) is 0 Å². The highest BCUT2D eigenvalue weighted by atomic mass is 14.1. The maximum Gasteiger partial charge on any atom is 0.142 e. The zero-order valence-corrected chi connectivity index (χ0v) is 9.78. The van der Waals surface area contributed by atoms with Crippen molar-refractivity contribution in [3.05, 3.63) is 0 Å². The lowest BCUT2D eigenvalue weighted by Gasteiger charge is -2.28. The average Bonchev–Trinajstić information content (AvgIpc) is 2.00. The first-order valence-electron chi connectivity index (χ1n) is 5.40. The van der Waals surface area contributed by atoms with E-state index < -0.39 is 0 Å². The van der Waals surface area contributed by atoms with Crippen molar-refractivity contribution >= 4 is 6.71 Å². The van der Waals surface area contributed by atoms with Crippen molar-refractivity contribution in [2.24, 2.45) is 5.92 Å². The fourth-order valence-electron chi connectivity index (χ4n) is 1.32. The summed E-state index contributed by atoms with van der Waals surface area (Å²) in [4.78, 5) is 0. The third-order valence-electron chi connectivity index (χ3n) is 3.42. The summed E-state index contributed by atoms with van der Waals surface area (Å²) < 4.78 is 0. The van der Waals surface area contributed by atoms with Gasteiger partial charge in [-0.15, -0.1) is 0 Å². The zero-order chi connectivity index (χ0) is 9.78. The predicted molar refractivity (Wildman–Crippen MR) is 60.2 cm³/mol. The molecule has 0 fully saturated rings. The van der Waals surface area contributed by atoms with Gasteiger partial charge in [-0.25, -0.2) is 0 Å². The van der Waals surface area contributed by atoms with Crippen molar-refractivity contribution in [3.8, 4) is 0 Å². The van der Waals surface area contributed by atoms with Gasteiger partial charge in [0.15, 0.2) is 0 Å². The third kappa shape index (κ3) is 4.18. The Labute approximate surface area is 79.2 Å². The standard InChI is InChI=1S/C11H25B/c1-7-11(4,5)12(6)9-8-10(2)3/h10H,7-9H2,1-6H3. The van der Waals surface area contributed by atoms with E-state index in [1.807, 2.05) is 0 Å². The van der Waals surface area contributed by atoms with E-state index in [0.717, 1.165) is 12.6 Å². The van der Waals surface area contributed by atoms with E-state index in [4.69, 9.17) is 0 Å². The van der Waals surface area contributed by atoms with Crippen LogP contribution in [0.3, 0.4) is 0 Å². The van der Waals surface area contributed by atoms with Crippen LogP contribution >= 0.6 is 0 Å². The highest BCUT2D eigenvalue weighted by Crippen LogP contribution is 2.35. The largest absolute Gasteiger partial charge is 0.142 e. The van der Waals surface area contributed by atoms with Crippen molar-refractivity contribution in [1.82, 2.24) is 0 Å². The number of hydrogen-bond acceptors (Lipinski definition) is 0. The Kier molecular flexibility index (Phi) is 4.97. The summed E-state index contributed by atoms with van der Waals surface area (Å²) in [6, 6.07) is 0. The Balaban J connectivity index is 3.78. The molecule has 0 aromatic carbocycles. The molecule has 0 bridgehead atoms. The van der Waals surface area contributed by atoms with Crippen LogP contribution in [0, 0.1) is 5.92 Å². The molecule has 1 heteroatoms. The summed E-state index contributed by atoms with van der Waals surface area (Å²) in [5.41, 5.74) is 0. The molecular formula is C11H25B. The summed E-state index contributed by atoms with van der Waals surface area (Å²) in [6.45, 7) is 15.0. The molecular weight excluding hydrogens is 143 g/mol. The predicted octanol–water partition coefficient (Wildman–Crippen LogP) is 4.35. The first-order valence-corrected chi connectivity index (χ1v) is 5.40. The summed E-state index contributed by atoms with van der Waals surface area (Å²) in [5, 5.41) is 0.537. The van der Waals surface area contributed by atoms with Crippen molar-refractivity contribution in [2.45, 2.75) is 65.9 Å². The molecule has 0 unspecified atom stereocenters. The summed E-state index contributed by atoms with van der Waals surface area (Å²) in [6.07, 6.45) is 4.06. The number of rotatable bonds is 5.